The van der Waals surface area contributed by atoms with E-state index in [1.54, 1.807) is 0 Å². The van der Waals surface area contributed by atoms with Crippen LogP contribution in [0.15, 0.2) is 29.3 Å². The third-order valence-corrected chi connectivity index (χ3v) is 4.99. The van der Waals surface area contributed by atoms with Crippen LogP contribution in [0.1, 0.15) is 19.2 Å². The molecular weight excluding hydrogens is 336 g/mol. The third kappa shape index (κ3) is 5.14. The van der Waals surface area contributed by atoms with Gasteiger partial charge in [-0.25, -0.2) is 9.97 Å². The molecule has 0 spiro atoms. The number of nitrogens with one attached hydrogen (secondary N) is 1. The molecule has 1 aliphatic rings. The van der Waals surface area contributed by atoms with Crippen molar-refractivity contribution in [3.05, 3.63) is 30.1 Å². The van der Waals surface area contributed by atoms with Crippen molar-refractivity contribution in [3.63, 3.8) is 0 Å². The van der Waals surface area contributed by atoms with Crippen LogP contribution < -0.4 is 5.32 Å². The fourth-order valence-electron chi connectivity index (χ4n) is 2.68. The lowest BCUT2D eigenvalue weighted by Gasteiger charge is -2.25. The van der Waals surface area contributed by atoms with E-state index in [0.717, 1.165) is 54.5 Å². The molecule has 1 aromatic carbocycles. The smallest absolute Gasteiger partial charge is 0.230 e. The van der Waals surface area contributed by atoms with Crippen LogP contribution in [-0.2, 0) is 16.1 Å². The summed E-state index contributed by atoms with van der Waals surface area (Å²) in [5, 5.41) is 4.78. The minimum Gasteiger partial charge on any atom is -0.379 e. The van der Waals surface area contributed by atoms with Crippen LogP contribution in [0.4, 0.5) is 0 Å². The number of carbonyl (C=O) groups is 1. The lowest BCUT2D eigenvalue weighted by atomic mass is 10.2. The molecule has 6 nitrogen and oxygen atoms in total. The Labute approximate surface area is 152 Å². The normalized spacial score (nSPS) is 15.4. The molecular formula is C18H24N4O2S. The highest BCUT2D eigenvalue weighted by Gasteiger charge is 2.15. The van der Waals surface area contributed by atoms with Gasteiger partial charge in [0.1, 0.15) is 10.9 Å². The second-order valence-corrected chi connectivity index (χ2v) is 6.95. The number of carbonyl (C=O) groups excluding carboxylic acids is 1. The minimum atomic E-state index is 0.0456. The van der Waals surface area contributed by atoms with Gasteiger partial charge in [0.15, 0.2) is 0 Å². The number of hydrogen-bond donors (Lipinski definition) is 1. The van der Waals surface area contributed by atoms with Crippen molar-refractivity contribution in [2.24, 2.45) is 0 Å². The molecule has 0 aliphatic carbocycles. The first kappa shape index (κ1) is 18.1. The maximum Gasteiger partial charge on any atom is 0.230 e. The Morgan fingerprint density at radius 1 is 1.28 bits per heavy atom. The molecule has 0 bridgehead atoms. The molecule has 25 heavy (non-hydrogen) atoms. The van der Waals surface area contributed by atoms with E-state index < -0.39 is 0 Å². The second kappa shape index (κ2) is 9.12. The number of ether oxygens (including phenoxy) is 1. The predicted molar refractivity (Wildman–Crippen MR) is 99.7 cm³/mol. The summed E-state index contributed by atoms with van der Waals surface area (Å²) in [6.07, 6.45) is 0.941. The summed E-state index contributed by atoms with van der Waals surface area (Å²) in [6, 6.07) is 7.98. The summed E-state index contributed by atoms with van der Waals surface area (Å²) in [4.78, 5) is 23.7. The molecule has 2 aromatic rings. The lowest BCUT2D eigenvalue weighted by Crippen LogP contribution is -2.36. The van der Waals surface area contributed by atoms with Crippen molar-refractivity contribution in [1.82, 2.24) is 20.2 Å². The summed E-state index contributed by atoms with van der Waals surface area (Å²) >= 11 is 1.48. The number of nitrogens with zero attached hydrogens (tertiary/aromatic N) is 3. The second-order valence-electron chi connectivity index (χ2n) is 5.99. The third-order valence-electron chi connectivity index (χ3n) is 4.00. The molecule has 0 radical (unpaired) electrons. The number of para-hydroxylation sites is 1. The van der Waals surface area contributed by atoms with Gasteiger partial charge >= 0.3 is 0 Å². The molecule has 1 N–H and O–H groups in total. The van der Waals surface area contributed by atoms with Crippen LogP contribution in [0, 0.1) is 0 Å². The molecule has 0 unspecified atom stereocenters. The Bertz CT molecular complexity index is 719. The monoisotopic (exact) mass is 360 g/mol. The molecule has 2 heterocycles. The molecule has 134 valence electrons. The van der Waals surface area contributed by atoms with Gasteiger partial charge in [0.05, 0.1) is 31.0 Å². The van der Waals surface area contributed by atoms with Gasteiger partial charge in [-0.3, -0.25) is 9.69 Å². The van der Waals surface area contributed by atoms with Gasteiger partial charge in [0.2, 0.25) is 5.91 Å². The fourth-order valence-corrected chi connectivity index (χ4v) is 3.55. The zero-order valence-electron chi connectivity index (χ0n) is 14.5. The molecule has 1 aliphatic heterocycles. The average molecular weight is 360 g/mol. The maximum absolute atomic E-state index is 11.9. The Morgan fingerprint density at radius 3 is 2.88 bits per heavy atom. The van der Waals surface area contributed by atoms with E-state index in [2.05, 4.69) is 10.2 Å². The number of aromatic nitrogens is 2. The van der Waals surface area contributed by atoms with Crippen molar-refractivity contribution in [2.75, 3.05) is 38.6 Å². The standard InChI is InChI=1S/C18H24N4O2S/c1-2-7-19-17(23)13-25-18-14-5-3-4-6-15(14)20-16(21-18)12-22-8-10-24-11-9-22/h3-6H,2,7-13H2,1H3,(H,19,23). The van der Waals surface area contributed by atoms with Crippen LogP contribution in [0.25, 0.3) is 10.9 Å². The molecule has 1 fully saturated rings. The van der Waals surface area contributed by atoms with Gasteiger partial charge in [0, 0.05) is 25.0 Å². The van der Waals surface area contributed by atoms with Crippen LogP contribution in [0.3, 0.4) is 0 Å². The van der Waals surface area contributed by atoms with Crippen molar-refractivity contribution >= 4 is 28.6 Å². The van der Waals surface area contributed by atoms with Crippen LogP contribution >= 0.6 is 11.8 Å². The molecule has 0 atom stereocenters. The summed E-state index contributed by atoms with van der Waals surface area (Å²) in [5.41, 5.74) is 0.928. The number of amides is 1. The van der Waals surface area contributed by atoms with Gasteiger partial charge in [-0.2, -0.15) is 0 Å². The van der Waals surface area contributed by atoms with E-state index in [-0.39, 0.29) is 5.91 Å². The number of rotatable bonds is 7. The Morgan fingerprint density at radius 2 is 2.08 bits per heavy atom. The van der Waals surface area contributed by atoms with Gasteiger partial charge < -0.3 is 10.1 Å². The van der Waals surface area contributed by atoms with Crippen molar-refractivity contribution in [3.8, 4) is 0 Å². The topological polar surface area (TPSA) is 67.4 Å². The minimum absolute atomic E-state index is 0.0456. The van der Waals surface area contributed by atoms with Crippen LogP contribution in [0.2, 0.25) is 0 Å². The lowest BCUT2D eigenvalue weighted by molar-refractivity contribution is -0.118. The van der Waals surface area contributed by atoms with Gasteiger partial charge in [-0.15, -0.1) is 0 Å². The molecule has 1 saturated heterocycles. The number of fused-ring (bicyclic) bond motifs is 1. The Kier molecular flexibility index (Phi) is 6.61. The average Bonchev–Trinajstić information content (AvgIpc) is 2.65. The number of morpholine rings is 1. The van der Waals surface area contributed by atoms with Crippen molar-refractivity contribution < 1.29 is 9.53 Å². The zero-order chi connectivity index (χ0) is 17.5. The van der Waals surface area contributed by atoms with E-state index in [9.17, 15) is 4.79 Å². The first-order valence-electron chi connectivity index (χ1n) is 8.71. The van der Waals surface area contributed by atoms with E-state index in [1.165, 1.54) is 11.8 Å². The molecule has 0 saturated carbocycles. The maximum atomic E-state index is 11.9. The summed E-state index contributed by atoms with van der Waals surface area (Å²) < 4.78 is 5.40. The van der Waals surface area contributed by atoms with E-state index in [4.69, 9.17) is 14.7 Å². The highest BCUT2D eigenvalue weighted by Crippen LogP contribution is 2.25. The first-order chi connectivity index (χ1) is 12.3. The number of benzene rings is 1. The van der Waals surface area contributed by atoms with E-state index >= 15 is 0 Å². The summed E-state index contributed by atoms with van der Waals surface area (Å²) in [6.45, 7) is 6.79. The van der Waals surface area contributed by atoms with Crippen molar-refractivity contribution in [1.29, 1.82) is 0 Å². The molecule has 7 heteroatoms. The van der Waals surface area contributed by atoms with E-state index in [0.29, 0.717) is 18.8 Å². The molecule has 1 amide bonds. The van der Waals surface area contributed by atoms with Crippen LogP contribution in [0.5, 0.6) is 0 Å². The first-order valence-corrected chi connectivity index (χ1v) is 9.70. The quantitative estimate of drug-likeness (QED) is 0.602. The molecule has 1 aromatic heterocycles. The van der Waals surface area contributed by atoms with Gasteiger partial charge in [-0.1, -0.05) is 36.9 Å². The van der Waals surface area contributed by atoms with Gasteiger partial charge in [-0.05, 0) is 12.5 Å². The Hall–Kier alpha value is -1.70. The summed E-state index contributed by atoms with van der Waals surface area (Å²) in [7, 11) is 0. The fraction of sp³-hybridized carbons (Fsp3) is 0.500. The summed E-state index contributed by atoms with van der Waals surface area (Å²) in [5.74, 6) is 1.22. The zero-order valence-corrected chi connectivity index (χ0v) is 15.3. The Balaban J connectivity index is 1.76. The predicted octanol–water partition coefficient (Wildman–Crippen LogP) is 2.08. The largest absolute Gasteiger partial charge is 0.379 e. The van der Waals surface area contributed by atoms with Crippen molar-refractivity contribution in [2.45, 2.75) is 24.9 Å². The SMILES string of the molecule is CCCNC(=O)CSc1nc(CN2CCOCC2)nc2ccccc12. The van der Waals surface area contributed by atoms with Crippen LogP contribution in [-0.4, -0.2) is 59.4 Å². The van der Waals surface area contributed by atoms with Gasteiger partial charge in [0.25, 0.3) is 0 Å². The highest BCUT2D eigenvalue weighted by atomic mass is 32.2. The highest BCUT2D eigenvalue weighted by molar-refractivity contribution is 8.00. The number of thioether (sulfide) groups is 1. The number of hydrogen-bond acceptors (Lipinski definition) is 6. The molecule has 3 rings (SSSR count). The van der Waals surface area contributed by atoms with E-state index in [1.807, 2.05) is 31.2 Å².